The molecule has 3 aromatic heterocycles. The zero-order valence-corrected chi connectivity index (χ0v) is 18.4. The molecular formula is C23H29N5O3. The maximum absolute atomic E-state index is 13.0. The SMILES string of the molecule is CCn1nc(C)c(CCC(=O)N2CCC[C@@H](n3nc(-c4ccco4)ccc3=O)C2)c1C. The van der Waals surface area contributed by atoms with Crippen LogP contribution in [0.2, 0.25) is 0 Å². The summed E-state index contributed by atoms with van der Waals surface area (Å²) < 4.78 is 8.91. The van der Waals surface area contributed by atoms with Crippen LogP contribution in [0.5, 0.6) is 0 Å². The molecule has 8 heteroatoms. The largest absolute Gasteiger partial charge is 0.463 e. The van der Waals surface area contributed by atoms with E-state index in [-0.39, 0.29) is 17.5 Å². The maximum Gasteiger partial charge on any atom is 0.267 e. The van der Waals surface area contributed by atoms with E-state index < -0.39 is 0 Å². The molecule has 8 nitrogen and oxygen atoms in total. The molecule has 0 bridgehead atoms. The fourth-order valence-corrected chi connectivity index (χ4v) is 4.42. The maximum atomic E-state index is 13.0. The standard InChI is InChI=1S/C23H29N5O3/c1-4-27-17(3)19(16(2)24-27)9-11-22(29)26-13-5-7-18(15-26)28-23(30)12-10-20(25-28)21-8-6-14-31-21/h6,8,10,12,14,18H,4-5,7,9,11,13,15H2,1-3H3/t18-/m1/s1. The number of hydrogen-bond donors (Lipinski definition) is 0. The van der Waals surface area contributed by atoms with E-state index >= 15 is 0 Å². The van der Waals surface area contributed by atoms with E-state index in [0.717, 1.165) is 36.3 Å². The van der Waals surface area contributed by atoms with Gasteiger partial charge in [-0.15, -0.1) is 0 Å². The van der Waals surface area contributed by atoms with E-state index in [0.29, 0.717) is 37.4 Å². The molecule has 164 valence electrons. The molecule has 1 amide bonds. The number of carbonyl (C=O) groups excluding carboxylic acids is 1. The Morgan fingerprint density at radius 2 is 2.06 bits per heavy atom. The predicted octanol–water partition coefficient (Wildman–Crippen LogP) is 3.13. The molecule has 0 aromatic carbocycles. The van der Waals surface area contributed by atoms with Crippen LogP contribution in [-0.4, -0.2) is 43.5 Å². The molecule has 3 aromatic rings. The van der Waals surface area contributed by atoms with Crippen LogP contribution in [0.15, 0.2) is 39.7 Å². The summed E-state index contributed by atoms with van der Waals surface area (Å²) in [5.41, 5.74) is 3.75. The van der Waals surface area contributed by atoms with E-state index in [1.165, 1.54) is 10.7 Å². The Bertz CT molecular complexity index is 1110. The van der Waals surface area contributed by atoms with Gasteiger partial charge in [0.2, 0.25) is 5.91 Å². The van der Waals surface area contributed by atoms with Crippen LogP contribution in [0.4, 0.5) is 0 Å². The third-order valence-corrected chi connectivity index (χ3v) is 6.11. The van der Waals surface area contributed by atoms with Gasteiger partial charge in [-0.3, -0.25) is 14.3 Å². The Kier molecular flexibility index (Phi) is 6.06. The van der Waals surface area contributed by atoms with Crippen LogP contribution >= 0.6 is 0 Å². The van der Waals surface area contributed by atoms with E-state index in [4.69, 9.17) is 4.42 Å². The molecule has 0 radical (unpaired) electrons. The molecule has 1 fully saturated rings. The van der Waals surface area contributed by atoms with E-state index in [2.05, 4.69) is 24.0 Å². The number of aromatic nitrogens is 4. The number of piperidine rings is 1. The van der Waals surface area contributed by atoms with Crippen molar-refractivity contribution in [3.05, 3.63) is 57.8 Å². The van der Waals surface area contributed by atoms with Crippen molar-refractivity contribution in [1.82, 2.24) is 24.5 Å². The molecule has 1 saturated heterocycles. The Labute approximate surface area is 181 Å². The van der Waals surface area contributed by atoms with Gasteiger partial charge < -0.3 is 9.32 Å². The summed E-state index contributed by atoms with van der Waals surface area (Å²) in [6, 6.07) is 6.67. The summed E-state index contributed by atoms with van der Waals surface area (Å²) in [4.78, 5) is 27.3. The highest BCUT2D eigenvalue weighted by Crippen LogP contribution is 2.23. The smallest absolute Gasteiger partial charge is 0.267 e. The minimum Gasteiger partial charge on any atom is -0.463 e. The van der Waals surface area contributed by atoms with Gasteiger partial charge in [0.05, 0.1) is 18.0 Å². The molecular weight excluding hydrogens is 394 g/mol. The molecule has 0 spiro atoms. The average molecular weight is 424 g/mol. The van der Waals surface area contributed by atoms with Crippen molar-refractivity contribution >= 4 is 5.91 Å². The van der Waals surface area contributed by atoms with Crippen molar-refractivity contribution in [2.75, 3.05) is 13.1 Å². The van der Waals surface area contributed by atoms with Crippen molar-refractivity contribution in [3.63, 3.8) is 0 Å². The lowest BCUT2D eigenvalue weighted by Crippen LogP contribution is -2.43. The molecule has 31 heavy (non-hydrogen) atoms. The summed E-state index contributed by atoms with van der Waals surface area (Å²) in [5.74, 6) is 0.735. The van der Waals surface area contributed by atoms with Crippen LogP contribution < -0.4 is 5.56 Å². The lowest BCUT2D eigenvalue weighted by molar-refractivity contribution is -0.132. The first-order valence-electron chi connectivity index (χ1n) is 10.9. The van der Waals surface area contributed by atoms with Gasteiger partial charge in [-0.05, 0) is 63.8 Å². The lowest BCUT2D eigenvalue weighted by Gasteiger charge is -2.33. The normalized spacial score (nSPS) is 16.6. The van der Waals surface area contributed by atoms with Gasteiger partial charge in [-0.1, -0.05) is 0 Å². The second-order valence-electron chi connectivity index (χ2n) is 8.08. The van der Waals surface area contributed by atoms with Crippen LogP contribution in [0.1, 0.15) is 49.2 Å². The molecule has 0 saturated carbocycles. The molecule has 0 unspecified atom stereocenters. The third-order valence-electron chi connectivity index (χ3n) is 6.11. The van der Waals surface area contributed by atoms with Crippen molar-refractivity contribution in [2.24, 2.45) is 0 Å². The van der Waals surface area contributed by atoms with Gasteiger partial charge in [-0.25, -0.2) is 4.68 Å². The molecule has 1 atom stereocenters. The number of furan rings is 1. The Hall–Kier alpha value is -3.16. The number of rotatable bonds is 6. The van der Waals surface area contributed by atoms with E-state index in [9.17, 15) is 9.59 Å². The van der Waals surface area contributed by atoms with Crippen molar-refractivity contribution < 1.29 is 9.21 Å². The number of nitrogens with zero attached hydrogens (tertiary/aromatic N) is 5. The minimum atomic E-state index is -0.159. The van der Waals surface area contributed by atoms with Crippen LogP contribution in [0.3, 0.4) is 0 Å². The van der Waals surface area contributed by atoms with Gasteiger partial charge in [0.15, 0.2) is 5.76 Å². The van der Waals surface area contributed by atoms with Gasteiger partial charge in [0.1, 0.15) is 5.69 Å². The summed E-state index contributed by atoms with van der Waals surface area (Å²) in [6.45, 7) is 8.17. The molecule has 4 heterocycles. The second-order valence-corrected chi connectivity index (χ2v) is 8.08. The van der Waals surface area contributed by atoms with Crippen molar-refractivity contribution in [3.8, 4) is 11.5 Å². The highest BCUT2D eigenvalue weighted by molar-refractivity contribution is 5.76. The average Bonchev–Trinajstić information content (AvgIpc) is 3.41. The fourth-order valence-electron chi connectivity index (χ4n) is 4.42. The highest BCUT2D eigenvalue weighted by atomic mass is 16.3. The van der Waals surface area contributed by atoms with Crippen LogP contribution in [0, 0.1) is 13.8 Å². The molecule has 1 aliphatic heterocycles. The summed E-state index contributed by atoms with van der Waals surface area (Å²) in [5, 5.41) is 9.07. The van der Waals surface area contributed by atoms with Gasteiger partial charge in [0.25, 0.3) is 5.56 Å². The number of hydrogen-bond acceptors (Lipinski definition) is 5. The summed E-state index contributed by atoms with van der Waals surface area (Å²) in [6.07, 6.45) is 4.38. The lowest BCUT2D eigenvalue weighted by atomic mass is 10.0. The van der Waals surface area contributed by atoms with Crippen LogP contribution in [-0.2, 0) is 17.8 Å². The molecule has 0 aliphatic carbocycles. The first kappa shape index (κ1) is 21.1. The highest BCUT2D eigenvalue weighted by Gasteiger charge is 2.26. The molecule has 0 N–H and O–H groups in total. The molecule has 4 rings (SSSR count). The fraction of sp³-hybridized carbons (Fsp3) is 0.478. The minimum absolute atomic E-state index is 0.114. The number of amides is 1. The Balaban J connectivity index is 1.45. The Morgan fingerprint density at radius 1 is 1.23 bits per heavy atom. The van der Waals surface area contributed by atoms with E-state index in [1.54, 1.807) is 18.4 Å². The number of aryl methyl sites for hydroxylation is 2. The summed E-state index contributed by atoms with van der Waals surface area (Å²) in [7, 11) is 0. The topological polar surface area (TPSA) is 86.2 Å². The van der Waals surface area contributed by atoms with Gasteiger partial charge in [0, 0.05) is 37.8 Å². The predicted molar refractivity (Wildman–Crippen MR) is 117 cm³/mol. The molecule has 1 aliphatic rings. The van der Waals surface area contributed by atoms with Crippen molar-refractivity contribution in [2.45, 2.75) is 59.0 Å². The zero-order valence-electron chi connectivity index (χ0n) is 18.4. The summed E-state index contributed by atoms with van der Waals surface area (Å²) >= 11 is 0. The second kappa shape index (κ2) is 8.91. The van der Waals surface area contributed by atoms with Crippen LogP contribution in [0.25, 0.3) is 11.5 Å². The third kappa shape index (κ3) is 4.33. The van der Waals surface area contributed by atoms with Gasteiger partial charge >= 0.3 is 0 Å². The zero-order chi connectivity index (χ0) is 22.0. The monoisotopic (exact) mass is 423 g/mol. The number of carbonyl (C=O) groups is 1. The quantitative estimate of drug-likeness (QED) is 0.608. The van der Waals surface area contributed by atoms with Gasteiger partial charge in [-0.2, -0.15) is 10.2 Å². The Morgan fingerprint density at radius 3 is 2.77 bits per heavy atom. The van der Waals surface area contributed by atoms with Crippen molar-refractivity contribution in [1.29, 1.82) is 0 Å². The first-order valence-corrected chi connectivity index (χ1v) is 10.9. The van der Waals surface area contributed by atoms with E-state index in [1.807, 2.05) is 22.6 Å². The first-order chi connectivity index (χ1) is 15.0. The number of likely N-dealkylation sites (tertiary alicyclic amines) is 1.